The Morgan fingerprint density at radius 3 is 1.93 bits per heavy atom. The summed E-state index contributed by atoms with van der Waals surface area (Å²) in [5, 5.41) is 18.5. The largest absolute Gasteiger partial charge is 0.503 e. The molecule has 8 heteroatoms. The van der Waals surface area contributed by atoms with Crippen molar-refractivity contribution in [3.8, 4) is 5.75 Å². The average molecular weight is 211 g/mol. The summed E-state index contributed by atoms with van der Waals surface area (Å²) in [5.41, 5.74) is -1.93. The Morgan fingerprint density at radius 1 is 1.00 bits per heavy atom. The molecule has 0 saturated carbocycles. The van der Waals surface area contributed by atoms with Gasteiger partial charge in [0.25, 0.3) is 0 Å². The topological polar surface area (TPSA) is 63.4 Å². The van der Waals surface area contributed by atoms with Gasteiger partial charge in [-0.2, -0.15) is 13.2 Å². The van der Waals surface area contributed by atoms with E-state index in [0.29, 0.717) is 0 Å². The summed E-state index contributed by atoms with van der Waals surface area (Å²) < 4.78 is 49.9. The quantitative estimate of drug-likeness (QED) is 0.253. The molecule has 0 amide bonds. The third kappa shape index (κ3) is 1.24. The number of rotatable bonds is 1. The number of hydrogen-bond donors (Lipinski definition) is 1. The molecule has 4 nitrogen and oxygen atoms in total. The molecule has 1 N–H and O–H groups in total. The minimum absolute atomic E-state index is 1.60. The van der Waals surface area contributed by atoms with Gasteiger partial charge in [0.15, 0.2) is 5.75 Å². The Kier molecular flexibility index (Phi) is 2.28. The molecule has 0 heterocycles. The van der Waals surface area contributed by atoms with Crippen LogP contribution in [0.4, 0.5) is 23.2 Å². The lowest BCUT2D eigenvalue weighted by Crippen LogP contribution is -2.03. The molecule has 0 radical (unpaired) electrons. The van der Waals surface area contributed by atoms with Crippen LogP contribution < -0.4 is 0 Å². The molecule has 0 aliphatic carbocycles. The zero-order chi connectivity index (χ0) is 11.0. The molecule has 1 rings (SSSR count). The number of nitro benzene ring substituents is 1. The maximum absolute atomic E-state index is 12.6. The SMILES string of the molecule is O=[N+]([O-])c1c(F)c(O)c(F)c(F)c1F. The van der Waals surface area contributed by atoms with Crippen LogP contribution in [0.25, 0.3) is 0 Å². The fourth-order valence-electron chi connectivity index (χ4n) is 0.769. The molecule has 0 bridgehead atoms. The number of benzene rings is 1. The molecule has 0 atom stereocenters. The minimum atomic E-state index is -2.30. The van der Waals surface area contributed by atoms with Crippen LogP contribution in [0.1, 0.15) is 0 Å². The Hall–Kier alpha value is -1.86. The molecule has 1 aromatic rings. The standard InChI is InChI=1S/C6HF4NO3/c7-1-2(8)5(11(13)14)4(10)6(12)3(1)9/h12H. The zero-order valence-electron chi connectivity index (χ0n) is 6.22. The van der Waals surface area contributed by atoms with Crippen molar-refractivity contribution >= 4 is 5.69 Å². The van der Waals surface area contributed by atoms with Crippen LogP contribution in [-0.2, 0) is 0 Å². The number of halogens is 4. The highest BCUT2D eigenvalue weighted by Crippen LogP contribution is 2.33. The van der Waals surface area contributed by atoms with Gasteiger partial charge in [0.05, 0.1) is 4.92 Å². The summed E-state index contributed by atoms with van der Waals surface area (Å²) in [6.07, 6.45) is 0. The highest BCUT2D eigenvalue weighted by Gasteiger charge is 2.32. The first kappa shape index (κ1) is 10.2. The van der Waals surface area contributed by atoms with E-state index in [1.807, 2.05) is 0 Å². The van der Waals surface area contributed by atoms with Crippen LogP contribution in [-0.4, -0.2) is 10.0 Å². The normalized spacial score (nSPS) is 10.3. The van der Waals surface area contributed by atoms with E-state index in [9.17, 15) is 27.7 Å². The van der Waals surface area contributed by atoms with Gasteiger partial charge in [-0.15, -0.1) is 0 Å². The Labute approximate surface area is 73.5 Å². The fraction of sp³-hybridized carbons (Fsp3) is 0. The predicted octanol–water partition coefficient (Wildman–Crippen LogP) is 1.86. The summed E-state index contributed by atoms with van der Waals surface area (Å²) in [6.45, 7) is 0. The molecular formula is C6HF4NO3. The number of hydrogen-bond acceptors (Lipinski definition) is 3. The van der Waals surface area contributed by atoms with Gasteiger partial charge < -0.3 is 5.11 Å². The number of nitrogens with zero attached hydrogens (tertiary/aromatic N) is 1. The monoisotopic (exact) mass is 211 g/mol. The lowest BCUT2D eigenvalue weighted by molar-refractivity contribution is -0.390. The molecule has 76 valence electrons. The molecule has 1 aromatic carbocycles. The van der Waals surface area contributed by atoms with E-state index in [2.05, 4.69) is 0 Å². The summed E-state index contributed by atoms with van der Waals surface area (Å²) in [6, 6.07) is 0. The van der Waals surface area contributed by atoms with Gasteiger partial charge in [0.2, 0.25) is 23.3 Å². The molecule has 14 heavy (non-hydrogen) atoms. The molecule has 0 fully saturated rings. The third-order valence-electron chi connectivity index (χ3n) is 1.40. The Bertz CT molecular complexity index is 391. The number of nitro groups is 1. The van der Waals surface area contributed by atoms with Crippen molar-refractivity contribution in [3.05, 3.63) is 33.4 Å². The van der Waals surface area contributed by atoms with E-state index in [4.69, 9.17) is 5.11 Å². The van der Waals surface area contributed by atoms with Gasteiger partial charge in [0, 0.05) is 0 Å². The van der Waals surface area contributed by atoms with Crippen LogP contribution in [0.15, 0.2) is 0 Å². The summed E-state index contributed by atoms with van der Waals surface area (Å²) in [5.74, 6) is -10.9. The summed E-state index contributed by atoms with van der Waals surface area (Å²) in [7, 11) is 0. The van der Waals surface area contributed by atoms with E-state index in [1.165, 1.54) is 0 Å². The highest BCUT2D eigenvalue weighted by molar-refractivity contribution is 5.43. The van der Waals surface area contributed by atoms with Crippen LogP contribution in [0, 0.1) is 33.4 Å². The van der Waals surface area contributed by atoms with Crippen LogP contribution in [0.5, 0.6) is 5.75 Å². The van der Waals surface area contributed by atoms with Crippen LogP contribution in [0.3, 0.4) is 0 Å². The first-order valence-corrected chi connectivity index (χ1v) is 3.07. The molecule has 0 saturated heterocycles. The first-order valence-electron chi connectivity index (χ1n) is 3.07. The third-order valence-corrected chi connectivity index (χ3v) is 1.40. The van der Waals surface area contributed by atoms with Crippen molar-refractivity contribution in [2.75, 3.05) is 0 Å². The highest BCUT2D eigenvalue weighted by atomic mass is 19.2. The maximum atomic E-state index is 12.6. The van der Waals surface area contributed by atoms with E-state index >= 15 is 0 Å². The van der Waals surface area contributed by atoms with Crippen LogP contribution in [0.2, 0.25) is 0 Å². The van der Waals surface area contributed by atoms with Crippen molar-refractivity contribution in [1.29, 1.82) is 0 Å². The average Bonchev–Trinajstić information content (AvgIpc) is 2.11. The molecule has 0 aliphatic rings. The van der Waals surface area contributed by atoms with Crippen molar-refractivity contribution in [2.24, 2.45) is 0 Å². The van der Waals surface area contributed by atoms with Gasteiger partial charge in [-0.05, 0) is 0 Å². The predicted molar refractivity (Wildman–Crippen MR) is 34.6 cm³/mol. The molecule has 0 aromatic heterocycles. The minimum Gasteiger partial charge on any atom is -0.503 e. The number of phenolic OH excluding ortho intramolecular Hbond substituents is 1. The number of phenols is 1. The summed E-state index contributed by atoms with van der Waals surface area (Å²) in [4.78, 5) is 8.38. The second kappa shape index (κ2) is 3.13. The molecule has 0 aliphatic heterocycles. The van der Waals surface area contributed by atoms with E-state index in [0.717, 1.165) is 0 Å². The van der Waals surface area contributed by atoms with E-state index < -0.39 is 39.6 Å². The first-order chi connectivity index (χ1) is 6.37. The van der Waals surface area contributed by atoms with Gasteiger partial charge in [-0.3, -0.25) is 10.1 Å². The zero-order valence-corrected chi connectivity index (χ0v) is 6.22. The van der Waals surface area contributed by atoms with Gasteiger partial charge >= 0.3 is 5.69 Å². The maximum Gasteiger partial charge on any atom is 0.347 e. The van der Waals surface area contributed by atoms with Crippen LogP contribution >= 0.6 is 0 Å². The molecule has 0 spiro atoms. The molecular weight excluding hydrogens is 210 g/mol. The Morgan fingerprint density at radius 2 is 1.50 bits per heavy atom. The van der Waals surface area contributed by atoms with Crippen molar-refractivity contribution in [1.82, 2.24) is 0 Å². The van der Waals surface area contributed by atoms with Crippen molar-refractivity contribution < 1.29 is 27.6 Å². The second-order valence-electron chi connectivity index (χ2n) is 2.21. The Balaban J connectivity index is 3.68. The van der Waals surface area contributed by atoms with Gasteiger partial charge in [-0.25, -0.2) is 4.39 Å². The lowest BCUT2D eigenvalue weighted by Gasteiger charge is -2.01. The van der Waals surface area contributed by atoms with Gasteiger partial charge in [0.1, 0.15) is 0 Å². The molecule has 0 unspecified atom stereocenters. The lowest BCUT2D eigenvalue weighted by atomic mass is 10.2. The number of aromatic hydroxyl groups is 1. The van der Waals surface area contributed by atoms with E-state index in [-0.39, 0.29) is 0 Å². The smallest absolute Gasteiger partial charge is 0.347 e. The fourth-order valence-corrected chi connectivity index (χ4v) is 0.769. The second-order valence-corrected chi connectivity index (χ2v) is 2.21. The van der Waals surface area contributed by atoms with Gasteiger partial charge in [-0.1, -0.05) is 0 Å². The van der Waals surface area contributed by atoms with Crippen molar-refractivity contribution in [2.45, 2.75) is 0 Å². The van der Waals surface area contributed by atoms with E-state index in [1.54, 1.807) is 0 Å². The van der Waals surface area contributed by atoms with Crippen molar-refractivity contribution in [3.63, 3.8) is 0 Å². The summed E-state index contributed by atoms with van der Waals surface area (Å²) >= 11 is 0.